The zero-order valence-electron chi connectivity index (χ0n) is 18.0. The lowest BCUT2D eigenvalue weighted by Gasteiger charge is -2.29. The largest absolute Gasteiger partial charge is 0.339 e. The smallest absolute Gasteiger partial charge is 0.229 e. The van der Waals surface area contributed by atoms with E-state index in [1.165, 1.54) is 4.90 Å². The number of aryl methyl sites for hydroxylation is 2. The van der Waals surface area contributed by atoms with Crippen molar-refractivity contribution < 1.29 is 9.32 Å². The molecule has 0 spiro atoms. The van der Waals surface area contributed by atoms with E-state index in [1.807, 2.05) is 19.9 Å². The van der Waals surface area contributed by atoms with Gasteiger partial charge in [0.25, 0.3) is 0 Å². The van der Waals surface area contributed by atoms with Crippen LogP contribution in [-0.4, -0.2) is 51.3 Å². The molecule has 0 aliphatic carbocycles. The second-order valence-corrected chi connectivity index (χ2v) is 8.85. The molecule has 7 heteroatoms. The van der Waals surface area contributed by atoms with Crippen molar-refractivity contribution in [2.75, 3.05) is 25.9 Å². The van der Waals surface area contributed by atoms with Crippen LogP contribution in [0.1, 0.15) is 52.2 Å². The topological polar surface area (TPSA) is 64.2 Å². The number of piperidine rings is 1. The van der Waals surface area contributed by atoms with Crippen molar-refractivity contribution in [1.82, 2.24) is 19.6 Å². The zero-order valence-corrected chi connectivity index (χ0v) is 18.8. The van der Waals surface area contributed by atoms with E-state index in [0.29, 0.717) is 18.3 Å². The Morgan fingerprint density at radius 3 is 2.63 bits per heavy atom. The summed E-state index contributed by atoms with van der Waals surface area (Å²) in [6, 6.07) is 10.5. The molecule has 6 nitrogen and oxygen atoms in total. The number of ketones is 1. The van der Waals surface area contributed by atoms with Gasteiger partial charge in [-0.15, -0.1) is 11.8 Å². The lowest BCUT2D eigenvalue weighted by molar-refractivity contribution is 0.0904. The number of hydrogen-bond donors (Lipinski definition) is 0. The van der Waals surface area contributed by atoms with Crippen LogP contribution in [-0.2, 0) is 0 Å². The van der Waals surface area contributed by atoms with Crippen molar-refractivity contribution in [1.29, 1.82) is 0 Å². The second-order valence-electron chi connectivity index (χ2n) is 7.98. The maximum Gasteiger partial charge on any atom is 0.229 e. The first-order valence-corrected chi connectivity index (χ1v) is 11.6. The van der Waals surface area contributed by atoms with Gasteiger partial charge in [-0.05, 0) is 77.2 Å². The third kappa shape index (κ3) is 4.23. The predicted octanol–water partition coefficient (Wildman–Crippen LogP) is 4.57. The van der Waals surface area contributed by atoms with E-state index in [1.54, 1.807) is 11.8 Å². The highest BCUT2D eigenvalue weighted by molar-refractivity contribution is 7.98. The van der Waals surface area contributed by atoms with Gasteiger partial charge in [0.05, 0.1) is 6.54 Å². The van der Waals surface area contributed by atoms with Gasteiger partial charge in [-0.3, -0.25) is 9.69 Å². The SMILES string of the molecule is CSc1cccc(-n2c(C)cc(C(=O)CN3CCC(c4nc(C)no4)CC3)c2C)c1. The minimum absolute atomic E-state index is 0.183. The van der Waals surface area contributed by atoms with Crippen LogP contribution in [0.15, 0.2) is 39.8 Å². The van der Waals surface area contributed by atoms with E-state index >= 15 is 0 Å². The predicted molar refractivity (Wildman–Crippen MR) is 119 cm³/mol. The Bertz CT molecular complexity index is 1050. The minimum Gasteiger partial charge on any atom is -0.339 e. The van der Waals surface area contributed by atoms with Gasteiger partial charge in [0.1, 0.15) is 0 Å². The fraction of sp³-hybridized carbons (Fsp3) is 0.435. The van der Waals surface area contributed by atoms with E-state index in [9.17, 15) is 4.79 Å². The molecule has 30 heavy (non-hydrogen) atoms. The van der Waals surface area contributed by atoms with E-state index in [4.69, 9.17) is 4.52 Å². The monoisotopic (exact) mass is 424 g/mol. The molecule has 0 N–H and O–H groups in total. The van der Waals surface area contributed by atoms with Gasteiger partial charge in [-0.2, -0.15) is 4.98 Å². The maximum atomic E-state index is 13.1. The summed E-state index contributed by atoms with van der Waals surface area (Å²) >= 11 is 1.72. The summed E-state index contributed by atoms with van der Waals surface area (Å²) in [6.45, 7) is 8.13. The van der Waals surface area contributed by atoms with Gasteiger partial charge < -0.3 is 9.09 Å². The molecule has 158 valence electrons. The molecule has 0 bridgehead atoms. The average Bonchev–Trinajstić information content (AvgIpc) is 3.31. The average molecular weight is 425 g/mol. The Balaban J connectivity index is 1.44. The Hall–Kier alpha value is -2.38. The zero-order chi connectivity index (χ0) is 21.3. The van der Waals surface area contributed by atoms with Gasteiger partial charge in [0, 0.05) is 33.5 Å². The van der Waals surface area contributed by atoms with Crippen molar-refractivity contribution in [3.05, 3.63) is 59.0 Å². The molecular formula is C23H28N4O2S. The molecule has 0 amide bonds. The third-order valence-corrected chi connectivity index (χ3v) is 6.62. The summed E-state index contributed by atoms with van der Waals surface area (Å²) in [5.41, 5.74) is 4.01. The summed E-state index contributed by atoms with van der Waals surface area (Å²) in [5, 5.41) is 3.90. The van der Waals surface area contributed by atoms with E-state index < -0.39 is 0 Å². The first kappa shape index (κ1) is 20.9. The van der Waals surface area contributed by atoms with Crippen LogP contribution in [0.25, 0.3) is 5.69 Å². The third-order valence-electron chi connectivity index (χ3n) is 5.89. The van der Waals surface area contributed by atoms with Crippen molar-refractivity contribution in [3.63, 3.8) is 0 Å². The Morgan fingerprint density at radius 2 is 1.97 bits per heavy atom. The van der Waals surface area contributed by atoms with Crippen LogP contribution in [0.4, 0.5) is 0 Å². The number of aromatic nitrogens is 3. The molecule has 0 unspecified atom stereocenters. The van der Waals surface area contributed by atoms with Crippen LogP contribution in [0.5, 0.6) is 0 Å². The van der Waals surface area contributed by atoms with Crippen molar-refractivity contribution >= 4 is 17.5 Å². The molecule has 2 aromatic heterocycles. The molecule has 1 aliphatic heterocycles. The van der Waals surface area contributed by atoms with Gasteiger partial charge >= 0.3 is 0 Å². The molecule has 0 radical (unpaired) electrons. The fourth-order valence-corrected chi connectivity index (χ4v) is 4.75. The van der Waals surface area contributed by atoms with Gasteiger partial charge in [0.2, 0.25) is 5.89 Å². The van der Waals surface area contributed by atoms with Gasteiger partial charge in [-0.1, -0.05) is 11.2 Å². The second kappa shape index (κ2) is 8.78. The molecule has 1 saturated heterocycles. The quantitative estimate of drug-likeness (QED) is 0.427. The van der Waals surface area contributed by atoms with Gasteiger partial charge in [-0.25, -0.2) is 0 Å². The molecule has 1 aliphatic rings. The molecule has 3 heterocycles. The van der Waals surface area contributed by atoms with E-state index in [-0.39, 0.29) is 5.78 Å². The molecule has 0 saturated carbocycles. The summed E-state index contributed by atoms with van der Waals surface area (Å²) in [5.74, 6) is 1.89. The van der Waals surface area contributed by atoms with Crippen molar-refractivity contribution in [2.45, 2.75) is 44.4 Å². The number of nitrogens with zero attached hydrogens (tertiary/aromatic N) is 4. The number of carbonyl (C=O) groups excluding carboxylic acids is 1. The highest BCUT2D eigenvalue weighted by Crippen LogP contribution is 2.28. The standard InChI is InChI=1S/C23H28N4O2S/c1-15-12-21(16(2)27(15)19-6-5-7-20(13-19)30-4)22(28)14-26-10-8-18(9-11-26)23-24-17(3)25-29-23/h5-7,12-13,18H,8-11,14H2,1-4H3. The van der Waals surface area contributed by atoms with E-state index in [2.05, 4.69) is 57.1 Å². The summed E-state index contributed by atoms with van der Waals surface area (Å²) in [6.07, 6.45) is 3.96. The number of hydrogen-bond acceptors (Lipinski definition) is 6. The molecule has 1 fully saturated rings. The Labute approximate surface area is 181 Å². The van der Waals surface area contributed by atoms with Crippen LogP contribution >= 0.6 is 11.8 Å². The Morgan fingerprint density at radius 1 is 1.20 bits per heavy atom. The maximum absolute atomic E-state index is 13.1. The Kier molecular flexibility index (Phi) is 6.11. The van der Waals surface area contributed by atoms with Crippen LogP contribution < -0.4 is 0 Å². The first-order chi connectivity index (χ1) is 14.5. The fourth-order valence-electron chi connectivity index (χ4n) is 4.30. The number of thioether (sulfide) groups is 1. The number of carbonyl (C=O) groups is 1. The minimum atomic E-state index is 0.183. The highest BCUT2D eigenvalue weighted by Gasteiger charge is 2.27. The molecular weight excluding hydrogens is 396 g/mol. The summed E-state index contributed by atoms with van der Waals surface area (Å²) in [7, 11) is 0. The highest BCUT2D eigenvalue weighted by atomic mass is 32.2. The van der Waals surface area contributed by atoms with Crippen LogP contribution in [0, 0.1) is 20.8 Å². The number of likely N-dealkylation sites (tertiary alicyclic amines) is 1. The number of rotatable bonds is 6. The number of Topliss-reactive ketones (excluding diaryl/α,β-unsaturated/α-hetero) is 1. The molecule has 0 atom stereocenters. The first-order valence-electron chi connectivity index (χ1n) is 10.4. The molecule has 4 rings (SSSR count). The summed E-state index contributed by atoms with van der Waals surface area (Å²) < 4.78 is 7.51. The van der Waals surface area contributed by atoms with Gasteiger partial charge in [0.15, 0.2) is 11.6 Å². The summed E-state index contributed by atoms with van der Waals surface area (Å²) in [4.78, 5) is 20.9. The molecule has 1 aromatic carbocycles. The van der Waals surface area contributed by atoms with Crippen molar-refractivity contribution in [2.24, 2.45) is 0 Å². The molecule has 3 aromatic rings. The van der Waals surface area contributed by atoms with Crippen LogP contribution in [0.2, 0.25) is 0 Å². The number of benzene rings is 1. The van der Waals surface area contributed by atoms with Crippen LogP contribution in [0.3, 0.4) is 0 Å². The lowest BCUT2D eigenvalue weighted by Crippen LogP contribution is -2.37. The normalized spacial score (nSPS) is 15.6. The van der Waals surface area contributed by atoms with Crippen molar-refractivity contribution in [3.8, 4) is 5.69 Å². The lowest BCUT2D eigenvalue weighted by atomic mass is 9.96. The van der Waals surface area contributed by atoms with E-state index in [0.717, 1.165) is 54.5 Å².